The Morgan fingerprint density at radius 1 is 0.645 bits per heavy atom. The van der Waals surface area contributed by atoms with Crippen molar-refractivity contribution in [3.05, 3.63) is 0 Å². The van der Waals surface area contributed by atoms with Crippen LogP contribution in [0.5, 0.6) is 0 Å². The molecule has 0 aliphatic heterocycles. The van der Waals surface area contributed by atoms with E-state index in [2.05, 4.69) is 6.92 Å². The molecule has 0 aliphatic carbocycles. The van der Waals surface area contributed by atoms with E-state index in [1.54, 1.807) is 0 Å². The summed E-state index contributed by atoms with van der Waals surface area (Å²) < 4.78 is 5.56. The van der Waals surface area contributed by atoms with Gasteiger partial charge in [0.2, 0.25) is 0 Å². The van der Waals surface area contributed by atoms with Crippen molar-refractivity contribution in [1.82, 2.24) is 0 Å². The van der Waals surface area contributed by atoms with Gasteiger partial charge in [0.25, 0.3) is 0 Å². The highest BCUT2D eigenvalue weighted by Crippen LogP contribution is 2.19. The number of rotatable bonds is 22. The van der Waals surface area contributed by atoms with E-state index in [4.69, 9.17) is 14.9 Å². The van der Waals surface area contributed by atoms with Crippen molar-refractivity contribution in [3.63, 3.8) is 0 Å². The Morgan fingerprint density at radius 2 is 1.10 bits per heavy atom. The average molecular weight is 445 g/mol. The van der Waals surface area contributed by atoms with Crippen LogP contribution in [0.1, 0.15) is 122 Å². The maximum atomic E-state index is 12.2. The third-order valence-electron chi connectivity index (χ3n) is 5.47. The van der Waals surface area contributed by atoms with Crippen molar-refractivity contribution < 1.29 is 34.4 Å². The summed E-state index contributed by atoms with van der Waals surface area (Å²) in [5.74, 6) is -2.02. The van der Waals surface area contributed by atoms with Crippen LogP contribution in [0.4, 0.5) is 0 Å². The first-order valence-corrected chi connectivity index (χ1v) is 12.2. The third-order valence-corrected chi connectivity index (χ3v) is 5.47. The van der Waals surface area contributed by atoms with Gasteiger partial charge in [0.1, 0.15) is 6.10 Å². The lowest BCUT2D eigenvalue weighted by Crippen LogP contribution is -2.31. The molecule has 31 heavy (non-hydrogen) atoms. The standard InChI is InChI=1S/C24H44O7/c1-2-3-4-5-7-10-15-20(25)21(16-11-8-6-9-12-17-22(26)27)31-24(30)19-14-13-18-23(28)29/h20-21,25H,2-19H2,1H3,(H,26,27)(H,28,29). The Kier molecular flexibility index (Phi) is 19.2. The minimum absolute atomic E-state index is 0.0409. The minimum Gasteiger partial charge on any atom is -0.481 e. The van der Waals surface area contributed by atoms with Gasteiger partial charge in [-0.1, -0.05) is 64.7 Å². The van der Waals surface area contributed by atoms with Gasteiger partial charge >= 0.3 is 17.9 Å². The molecule has 0 amide bonds. The van der Waals surface area contributed by atoms with Gasteiger partial charge in [0.15, 0.2) is 0 Å². The van der Waals surface area contributed by atoms with E-state index in [-0.39, 0.29) is 25.2 Å². The van der Waals surface area contributed by atoms with E-state index >= 15 is 0 Å². The molecule has 2 unspecified atom stereocenters. The van der Waals surface area contributed by atoms with Crippen molar-refractivity contribution in [2.75, 3.05) is 0 Å². The summed E-state index contributed by atoms with van der Waals surface area (Å²) in [6.07, 6.45) is 12.3. The normalized spacial score (nSPS) is 13.0. The molecule has 0 fully saturated rings. The fourth-order valence-electron chi connectivity index (χ4n) is 3.57. The Morgan fingerprint density at radius 3 is 1.68 bits per heavy atom. The summed E-state index contributed by atoms with van der Waals surface area (Å²) in [6, 6.07) is 0. The molecule has 2 atom stereocenters. The van der Waals surface area contributed by atoms with E-state index < -0.39 is 24.1 Å². The molecule has 0 aromatic heterocycles. The van der Waals surface area contributed by atoms with Crippen molar-refractivity contribution >= 4 is 17.9 Å². The summed E-state index contributed by atoms with van der Waals surface area (Å²) in [5, 5.41) is 27.9. The van der Waals surface area contributed by atoms with Gasteiger partial charge in [0.05, 0.1) is 6.10 Å². The van der Waals surface area contributed by atoms with Crippen LogP contribution < -0.4 is 0 Å². The first kappa shape index (κ1) is 29.4. The lowest BCUT2D eigenvalue weighted by Gasteiger charge is -2.23. The molecule has 7 heteroatoms. The van der Waals surface area contributed by atoms with Crippen molar-refractivity contribution in [1.29, 1.82) is 0 Å². The number of aliphatic hydroxyl groups excluding tert-OH is 1. The topological polar surface area (TPSA) is 121 Å². The van der Waals surface area contributed by atoms with Crippen LogP contribution >= 0.6 is 0 Å². The average Bonchev–Trinajstić information content (AvgIpc) is 2.71. The van der Waals surface area contributed by atoms with Crippen molar-refractivity contribution in [3.8, 4) is 0 Å². The SMILES string of the molecule is CCCCCCCCC(O)C(CCCCCCCC(=O)O)OC(=O)CCCCC(=O)O. The van der Waals surface area contributed by atoms with E-state index in [1.165, 1.54) is 19.3 Å². The molecule has 0 spiro atoms. The number of aliphatic carboxylic acids is 2. The summed E-state index contributed by atoms with van der Waals surface area (Å²) in [7, 11) is 0. The maximum absolute atomic E-state index is 12.2. The number of carbonyl (C=O) groups excluding carboxylic acids is 1. The number of hydrogen-bond acceptors (Lipinski definition) is 5. The second kappa shape index (κ2) is 20.3. The number of unbranched alkanes of at least 4 members (excludes halogenated alkanes) is 10. The van der Waals surface area contributed by atoms with E-state index in [0.29, 0.717) is 32.1 Å². The first-order chi connectivity index (χ1) is 14.9. The zero-order valence-corrected chi connectivity index (χ0v) is 19.4. The van der Waals surface area contributed by atoms with Crippen LogP contribution in [0.25, 0.3) is 0 Å². The van der Waals surface area contributed by atoms with Crippen LogP contribution in [0.2, 0.25) is 0 Å². The third kappa shape index (κ3) is 20.0. The van der Waals surface area contributed by atoms with Gasteiger partial charge in [-0.2, -0.15) is 0 Å². The second-order valence-electron chi connectivity index (χ2n) is 8.45. The molecule has 0 saturated carbocycles. The largest absolute Gasteiger partial charge is 0.481 e. The minimum atomic E-state index is -0.871. The van der Waals surface area contributed by atoms with Gasteiger partial charge in [0, 0.05) is 19.3 Å². The zero-order valence-electron chi connectivity index (χ0n) is 19.4. The number of aliphatic hydroxyl groups is 1. The Hall–Kier alpha value is -1.63. The maximum Gasteiger partial charge on any atom is 0.306 e. The van der Waals surface area contributed by atoms with Crippen LogP contribution in [0.15, 0.2) is 0 Å². The Balaban J connectivity index is 4.30. The monoisotopic (exact) mass is 444 g/mol. The first-order valence-electron chi connectivity index (χ1n) is 12.2. The number of carboxylic acids is 2. The molecule has 0 saturated heterocycles. The Labute approximate surface area is 187 Å². The van der Waals surface area contributed by atoms with Crippen molar-refractivity contribution in [2.45, 2.75) is 135 Å². The predicted octanol–water partition coefficient (Wildman–Crippen LogP) is 5.47. The number of ether oxygens (including phenoxy) is 1. The molecule has 3 N–H and O–H groups in total. The number of esters is 1. The summed E-state index contributed by atoms with van der Waals surface area (Å²) >= 11 is 0. The molecule has 0 radical (unpaired) electrons. The van der Waals surface area contributed by atoms with Crippen LogP contribution in [-0.2, 0) is 19.1 Å². The molecule has 0 aromatic rings. The van der Waals surface area contributed by atoms with E-state index in [9.17, 15) is 19.5 Å². The highest BCUT2D eigenvalue weighted by atomic mass is 16.6. The van der Waals surface area contributed by atoms with Gasteiger partial charge < -0.3 is 20.1 Å². The van der Waals surface area contributed by atoms with Gasteiger partial charge in [-0.05, 0) is 38.5 Å². The van der Waals surface area contributed by atoms with Crippen LogP contribution in [0.3, 0.4) is 0 Å². The van der Waals surface area contributed by atoms with Gasteiger partial charge in [-0.15, -0.1) is 0 Å². The Bertz CT molecular complexity index is 479. The van der Waals surface area contributed by atoms with Crippen LogP contribution in [-0.4, -0.2) is 45.4 Å². The summed E-state index contributed by atoms with van der Waals surface area (Å²) in [6.45, 7) is 2.18. The summed E-state index contributed by atoms with van der Waals surface area (Å²) in [5.41, 5.74) is 0. The highest BCUT2D eigenvalue weighted by molar-refractivity contribution is 5.70. The molecule has 182 valence electrons. The van der Waals surface area contributed by atoms with E-state index in [1.807, 2.05) is 0 Å². The van der Waals surface area contributed by atoms with Gasteiger partial charge in [-0.25, -0.2) is 0 Å². The molecule has 0 bridgehead atoms. The quantitative estimate of drug-likeness (QED) is 0.149. The molecule has 0 rings (SSSR count). The smallest absolute Gasteiger partial charge is 0.306 e. The van der Waals surface area contributed by atoms with Gasteiger partial charge in [-0.3, -0.25) is 14.4 Å². The lowest BCUT2D eigenvalue weighted by molar-refractivity contribution is -0.156. The predicted molar refractivity (Wildman–Crippen MR) is 120 cm³/mol. The number of carboxylic acid groups (broad SMARTS) is 2. The number of hydrogen-bond donors (Lipinski definition) is 3. The fraction of sp³-hybridized carbons (Fsp3) is 0.875. The lowest BCUT2D eigenvalue weighted by atomic mass is 9.99. The number of carbonyl (C=O) groups is 3. The fourth-order valence-corrected chi connectivity index (χ4v) is 3.57. The van der Waals surface area contributed by atoms with Crippen LogP contribution in [0, 0.1) is 0 Å². The molecule has 7 nitrogen and oxygen atoms in total. The highest BCUT2D eigenvalue weighted by Gasteiger charge is 2.22. The molecule has 0 aromatic carbocycles. The summed E-state index contributed by atoms with van der Waals surface area (Å²) in [4.78, 5) is 33.3. The second-order valence-corrected chi connectivity index (χ2v) is 8.45. The molecular weight excluding hydrogens is 400 g/mol. The van der Waals surface area contributed by atoms with Crippen molar-refractivity contribution in [2.24, 2.45) is 0 Å². The molecule has 0 aliphatic rings. The molecular formula is C24H44O7. The van der Waals surface area contributed by atoms with E-state index in [0.717, 1.165) is 44.9 Å². The zero-order chi connectivity index (χ0) is 23.3. The molecule has 0 heterocycles.